The van der Waals surface area contributed by atoms with Gasteiger partial charge < -0.3 is 0 Å². The van der Waals surface area contributed by atoms with Crippen LogP contribution in [-0.2, 0) is 14.3 Å². The van der Waals surface area contributed by atoms with E-state index in [1.807, 2.05) is 13.8 Å². The molecule has 0 spiro atoms. The van der Waals surface area contributed by atoms with Gasteiger partial charge in [0.2, 0.25) is 0 Å². The monoisotopic (exact) mass is 240 g/mol. The zero-order chi connectivity index (χ0) is 12.2. The van der Waals surface area contributed by atoms with Crippen LogP contribution in [0.15, 0.2) is 41.3 Å². The summed E-state index contributed by atoms with van der Waals surface area (Å²) in [5, 5.41) is 0. The van der Waals surface area contributed by atoms with Crippen molar-refractivity contribution in [2.75, 3.05) is 6.61 Å². The standard InChI is InChI=1S/C12H16O3S/c1-4-10(2)9-15-16(13,14)12-7-5-11(3)6-8-12/h5-8H,2,4,9H2,1,3H3. The SMILES string of the molecule is C=C(CC)COS(=O)(=O)c1ccc(C)cc1. The molecule has 88 valence electrons. The van der Waals surface area contributed by atoms with Crippen LogP contribution in [0.5, 0.6) is 0 Å². The Bertz CT molecular complexity index is 458. The molecule has 4 heteroatoms. The molecule has 0 saturated heterocycles. The lowest BCUT2D eigenvalue weighted by Crippen LogP contribution is -2.08. The predicted molar refractivity (Wildman–Crippen MR) is 63.7 cm³/mol. The number of rotatable bonds is 5. The van der Waals surface area contributed by atoms with Crippen molar-refractivity contribution in [1.29, 1.82) is 0 Å². The van der Waals surface area contributed by atoms with E-state index < -0.39 is 10.1 Å². The summed E-state index contributed by atoms with van der Waals surface area (Å²) in [6.07, 6.45) is 0.712. The van der Waals surface area contributed by atoms with Crippen molar-refractivity contribution in [3.63, 3.8) is 0 Å². The van der Waals surface area contributed by atoms with E-state index in [-0.39, 0.29) is 11.5 Å². The molecular weight excluding hydrogens is 224 g/mol. The van der Waals surface area contributed by atoms with E-state index in [1.165, 1.54) is 0 Å². The van der Waals surface area contributed by atoms with Crippen LogP contribution in [0.4, 0.5) is 0 Å². The van der Waals surface area contributed by atoms with Crippen molar-refractivity contribution in [3.05, 3.63) is 42.0 Å². The fraction of sp³-hybridized carbons (Fsp3) is 0.333. The molecule has 0 aliphatic heterocycles. The van der Waals surface area contributed by atoms with E-state index in [0.29, 0.717) is 6.42 Å². The van der Waals surface area contributed by atoms with Gasteiger partial charge in [0, 0.05) is 0 Å². The minimum absolute atomic E-state index is 0.0483. The highest BCUT2D eigenvalue weighted by Crippen LogP contribution is 2.14. The Morgan fingerprint density at radius 3 is 2.38 bits per heavy atom. The molecule has 0 atom stereocenters. The molecule has 1 aromatic carbocycles. The van der Waals surface area contributed by atoms with Gasteiger partial charge in [-0.3, -0.25) is 4.18 Å². The van der Waals surface area contributed by atoms with Crippen LogP contribution in [0.1, 0.15) is 18.9 Å². The smallest absolute Gasteiger partial charge is 0.262 e. The van der Waals surface area contributed by atoms with Crippen LogP contribution in [-0.4, -0.2) is 15.0 Å². The second-order valence-corrected chi connectivity index (χ2v) is 5.25. The van der Waals surface area contributed by atoms with Gasteiger partial charge >= 0.3 is 0 Å². The molecule has 0 radical (unpaired) electrons. The Labute approximate surface area is 96.9 Å². The summed E-state index contributed by atoms with van der Waals surface area (Å²) in [5.74, 6) is 0. The highest BCUT2D eigenvalue weighted by molar-refractivity contribution is 7.86. The van der Waals surface area contributed by atoms with Crippen LogP contribution in [0.3, 0.4) is 0 Å². The van der Waals surface area contributed by atoms with E-state index >= 15 is 0 Å². The zero-order valence-corrected chi connectivity index (χ0v) is 10.4. The topological polar surface area (TPSA) is 43.4 Å². The van der Waals surface area contributed by atoms with Crippen LogP contribution in [0.25, 0.3) is 0 Å². The molecule has 0 N–H and O–H groups in total. The minimum Gasteiger partial charge on any atom is -0.262 e. The lowest BCUT2D eigenvalue weighted by Gasteiger charge is -2.06. The summed E-state index contributed by atoms with van der Waals surface area (Å²) in [5.41, 5.74) is 1.77. The first kappa shape index (κ1) is 12.9. The second-order valence-electron chi connectivity index (χ2n) is 3.63. The third-order valence-electron chi connectivity index (χ3n) is 2.23. The lowest BCUT2D eigenvalue weighted by atomic mass is 10.2. The third kappa shape index (κ3) is 3.47. The van der Waals surface area contributed by atoms with Crippen LogP contribution in [0.2, 0.25) is 0 Å². The van der Waals surface area contributed by atoms with Gasteiger partial charge in [-0.05, 0) is 25.5 Å². The maximum absolute atomic E-state index is 11.7. The lowest BCUT2D eigenvalue weighted by molar-refractivity contribution is 0.345. The van der Waals surface area contributed by atoms with Crippen molar-refractivity contribution < 1.29 is 12.6 Å². The van der Waals surface area contributed by atoms with Gasteiger partial charge in [0.1, 0.15) is 0 Å². The maximum atomic E-state index is 11.7. The molecule has 0 saturated carbocycles. The highest BCUT2D eigenvalue weighted by atomic mass is 32.2. The first-order valence-electron chi connectivity index (χ1n) is 5.08. The minimum atomic E-state index is -3.64. The average molecular weight is 240 g/mol. The number of benzene rings is 1. The molecule has 0 unspecified atom stereocenters. The molecule has 0 aliphatic carbocycles. The maximum Gasteiger partial charge on any atom is 0.297 e. The summed E-state index contributed by atoms with van der Waals surface area (Å²) in [4.78, 5) is 0.182. The summed E-state index contributed by atoms with van der Waals surface area (Å²) in [6.45, 7) is 7.55. The molecule has 0 fully saturated rings. The fourth-order valence-corrected chi connectivity index (χ4v) is 1.96. The predicted octanol–water partition coefficient (Wildman–Crippen LogP) is 2.67. The normalized spacial score (nSPS) is 11.4. The first-order chi connectivity index (χ1) is 7.45. The van der Waals surface area contributed by atoms with Gasteiger partial charge in [-0.1, -0.05) is 36.8 Å². The van der Waals surface area contributed by atoms with E-state index in [4.69, 9.17) is 4.18 Å². The molecular formula is C12H16O3S. The summed E-state index contributed by atoms with van der Waals surface area (Å²) < 4.78 is 28.3. The molecule has 0 aromatic heterocycles. The Morgan fingerprint density at radius 1 is 1.31 bits per heavy atom. The van der Waals surface area contributed by atoms with E-state index in [1.54, 1.807) is 24.3 Å². The van der Waals surface area contributed by atoms with Gasteiger partial charge in [0.25, 0.3) is 10.1 Å². The average Bonchev–Trinajstić information content (AvgIpc) is 2.26. The molecule has 1 rings (SSSR count). The van der Waals surface area contributed by atoms with Crippen molar-refractivity contribution in [3.8, 4) is 0 Å². The van der Waals surface area contributed by atoms with E-state index in [2.05, 4.69) is 6.58 Å². The Kier molecular flexibility index (Phi) is 4.26. The molecule has 16 heavy (non-hydrogen) atoms. The summed E-state index contributed by atoms with van der Waals surface area (Å²) in [6, 6.07) is 6.56. The first-order valence-corrected chi connectivity index (χ1v) is 6.49. The zero-order valence-electron chi connectivity index (χ0n) is 9.56. The Hall–Kier alpha value is -1.13. The summed E-state index contributed by atoms with van der Waals surface area (Å²) in [7, 11) is -3.64. The molecule has 0 amide bonds. The Balaban J connectivity index is 2.78. The van der Waals surface area contributed by atoms with Crippen LogP contribution < -0.4 is 0 Å². The number of hydrogen-bond acceptors (Lipinski definition) is 3. The van der Waals surface area contributed by atoms with Crippen molar-refractivity contribution in [2.45, 2.75) is 25.2 Å². The molecule has 3 nitrogen and oxygen atoms in total. The third-order valence-corrected chi connectivity index (χ3v) is 3.51. The largest absolute Gasteiger partial charge is 0.297 e. The number of hydrogen-bond donors (Lipinski definition) is 0. The van der Waals surface area contributed by atoms with Gasteiger partial charge in [-0.25, -0.2) is 0 Å². The molecule has 0 heterocycles. The van der Waals surface area contributed by atoms with Crippen molar-refractivity contribution in [1.82, 2.24) is 0 Å². The molecule has 1 aromatic rings. The van der Waals surface area contributed by atoms with E-state index in [9.17, 15) is 8.42 Å². The fourth-order valence-electron chi connectivity index (χ4n) is 1.04. The van der Waals surface area contributed by atoms with Crippen LogP contribution in [0, 0.1) is 6.92 Å². The number of aryl methyl sites for hydroxylation is 1. The van der Waals surface area contributed by atoms with Gasteiger partial charge in [-0.2, -0.15) is 8.42 Å². The molecule has 0 bridgehead atoms. The Morgan fingerprint density at radius 2 is 1.88 bits per heavy atom. The molecule has 0 aliphatic rings. The van der Waals surface area contributed by atoms with Gasteiger partial charge in [0.05, 0.1) is 11.5 Å². The summed E-state index contributed by atoms with van der Waals surface area (Å²) >= 11 is 0. The second kappa shape index (κ2) is 5.27. The highest BCUT2D eigenvalue weighted by Gasteiger charge is 2.14. The quantitative estimate of drug-likeness (QED) is 0.587. The van der Waals surface area contributed by atoms with Gasteiger partial charge in [-0.15, -0.1) is 0 Å². The van der Waals surface area contributed by atoms with Crippen molar-refractivity contribution in [2.24, 2.45) is 0 Å². The van der Waals surface area contributed by atoms with Crippen molar-refractivity contribution >= 4 is 10.1 Å². The van der Waals surface area contributed by atoms with Gasteiger partial charge in [0.15, 0.2) is 0 Å². The van der Waals surface area contributed by atoms with Crippen LogP contribution >= 0.6 is 0 Å². The van der Waals surface area contributed by atoms with E-state index in [0.717, 1.165) is 11.1 Å².